The van der Waals surface area contributed by atoms with Crippen molar-refractivity contribution >= 4 is 17.5 Å². The lowest BCUT2D eigenvalue weighted by atomic mass is 9.74. The Morgan fingerprint density at radius 2 is 1.93 bits per heavy atom. The van der Waals surface area contributed by atoms with E-state index in [0.717, 1.165) is 86.6 Å². The van der Waals surface area contributed by atoms with E-state index in [2.05, 4.69) is 21.3 Å². The van der Waals surface area contributed by atoms with Gasteiger partial charge in [-0.15, -0.1) is 0 Å². The predicted octanol–water partition coefficient (Wildman–Crippen LogP) is 2.31. The van der Waals surface area contributed by atoms with Crippen molar-refractivity contribution in [3.63, 3.8) is 0 Å². The van der Waals surface area contributed by atoms with Gasteiger partial charge in [0.1, 0.15) is 0 Å². The van der Waals surface area contributed by atoms with Crippen LogP contribution in [0.2, 0.25) is 0 Å². The molecule has 7 heteroatoms. The van der Waals surface area contributed by atoms with Crippen LogP contribution < -0.4 is 15.8 Å². The molecule has 0 atom stereocenters. The standard InChI is InChI=1S/C23H29N5O2/c1-27(2)21(30)15-7-8-17-19(13-15)24-14-23(17)9-11-28(12-10-23)22-25-18-6-4-3-5-16(18)20(29)26-22/h7-8,13,24H,3-6,9-12,14H2,1-2H3,(H,25,26,29). The molecule has 1 spiro atoms. The topological polar surface area (TPSA) is 81.3 Å². The number of rotatable bonds is 2. The van der Waals surface area contributed by atoms with Gasteiger partial charge in [0.05, 0.1) is 5.69 Å². The van der Waals surface area contributed by atoms with Gasteiger partial charge in [0.25, 0.3) is 11.5 Å². The lowest BCUT2D eigenvalue weighted by Gasteiger charge is -2.39. The number of nitrogens with zero attached hydrogens (tertiary/aromatic N) is 3. The molecule has 30 heavy (non-hydrogen) atoms. The second kappa shape index (κ2) is 7.15. The van der Waals surface area contributed by atoms with Gasteiger partial charge in [0.2, 0.25) is 5.95 Å². The number of hydrogen-bond acceptors (Lipinski definition) is 5. The van der Waals surface area contributed by atoms with E-state index >= 15 is 0 Å². The lowest BCUT2D eigenvalue weighted by molar-refractivity contribution is 0.0827. The van der Waals surface area contributed by atoms with Gasteiger partial charge in [0.15, 0.2) is 0 Å². The summed E-state index contributed by atoms with van der Waals surface area (Å²) in [6, 6.07) is 6.06. The number of carbonyl (C=O) groups excluding carboxylic acids is 1. The molecule has 1 amide bonds. The van der Waals surface area contributed by atoms with E-state index in [1.165, 1.54) is 5.56 Å². The molecule has 3 heterocycles. The minimum Gasteiger partial charge on any atom is -0.384 e. The Morgan fingerprint density at radius 3 is 2.70 bits per heavy atom. The van der Waals surface area contributed by atoms with Crippen molar-refractivity contribution in [1.29, 1.82) is 0 Å². The monoisotopic (exact) mass is 407 g/mol. The average molecular weight is 408 g/mol. The van der Waals surface area contributed by atoms with Crippen LogP contribution in [-0.2, 0) is 18.3 Å². The molecule has 2 aromatic rings. The molecule has 0 unspecified atom stereocenters. The zero-order chi connectivity index (χ0) is 20.9. The molecule has 0 bridgehead atoms. The number of aromatic amines is 1. The summed E-state index contributed by atoms with van der Waals surface area (Å²) >= 11 is 0. The number of amides is 1. The number of aromatic nitrogens is 2. The maximum atomic E-state index is 12.5. The van der Waals surface area contributed by atoms with Crippen molar-refractivity contribution in [3.05, 3.63) is 50.9 Å². The highest BCUT2D eigenvalue weighted by molar-refractivity contribution is 5.95. The van der Waals surface area contributed by atoms with E-state index in [-0.39, 0.29) is 16.9 Å². The molecule has 158 valence electrons. The van der Waals surface area contributed by atoms with Crippen molar-refractivity contribution in [2.24, 2.45) is 0 Å². The van der Waals surface area contributed by atoms with Gasteiger partial charge in [-0.25, -0.2) is 4.98 Å². The first-order chi connectivity index (χ1) is 14.5. The van der Waals surface area contributed by atoms with E-state index in [9.17, 15) is 9.59 Å². The molecule has 0 saturated carbocycles. The Labute approximate surface area is 176 Å². The Bertz CT molecular complexity index is 1050. The van der Waals surface area contributed by atoms with Crippen molar-refractivity contribution < 1.29 is 4.79 Å². The quantitative estimate of drug-likeness (QED) is 0.799. The number of fused-ring (bicyclic) bond motifs is 3. The Kier molecular flexibility index (Phi) is 4.56. The number of nitrogens with one attached hydrogen (secondary N) is 2. The first-order valence-corrected chi connectivity index (χ1v) is 10.9. The predicted molar refractivity (Wildman–Crippen MR) is 118 cm³/mol. The summed E-state index contributed by atoms with van der Waals surface area (Å²) in [5.41, 5.74) is 5.11. The Hall–Kier alpha value is -2.83. The zero-order valence-electron chi connectivity index (χ0n) is 17.8. The Balaban J connectivity index is 1.35. The summed E-state index contributed by atoms with van der Waals surface area (Å²) in [6.45, 7) is 2.62. The SMILES string of the molecule is CN(C)C(=O)c1ccc2c(c1)NCC21CCN(c2nc3c(c(=O)[nH]2)CCCC3)CC1. The van der Waals surface area contributed by atoms with Crippen LogP contribution in [0.4, 0.5) is 11.6 Å². The number of carbonyl (C=O) groups is 1. The Morgan fingerprint density at radius 1 is 1.17 bits per heavy atom. The number of hydrogen-bond donors (Lipinski definition) is 2. The average Bonchev–Trinajstić information content (AvgIpc) is 3.11. The summed E-state index contributed by atoms with van der Waals surface area (Å²) in [5.74, 6) is 0.756. The molecule has 1 fully saturated rings. The van der Waals surface area contributed by atoms with Crippen LogP contribution in [0, 0.1) is 0 Å². The second-order valence-corrected chi connectivity index (χ2v) is 9.10. The fourth-order valence-electron chi connectivity index (χ4n) is 5.24. The zero-order valence-corrected chi connectivity index (χ0v) is 17.8. The minimum absolute atomic E-state index is 0.0257. The molecule has 2 N–H and O–H groups in total. The van der Waals surface area contributed by atoms with Crippen LogP contribution in [0.5, 0.6) is 0 Å². The van der Waals surface area contributed by atoms with Crippen LogP contribution in [0.15, 0.2) is 23.0 Å². The van der Waals surface area contributed by atoms with Crippen LogP contribution in [0.1, 0.15) is 52.9 Å². The van der Waals surface area contributed by atoms with Gasteiger partial charge in [-0.1, -0.05) is 6.07 Å². The van der Waals surface area contributed by atoms with Gasteiger partial charge in [-0.2, -0.15) is 0 Å². The maximum Gasteiger partial charge on any atom is 0.255 e. The molecule has 1 aromatic carbocycles. The molecule has 1 aromatic heterocycles. The summed E-state index contributed by atoms with van der Waals surface area (Å²) in [5, 5.41) is 3.54. The number of aryl methyl sites for hydroxylation is 1. The van der Waals surface area contributed by atoms with Crippen LogP contribution >= 0.6 is 0 Å². The van der Waals surface area contributed by atoms with Crippen molar-refractivity contribution in [1.82, 2.24) is 14.9 Å². The van der Waals surface area contributed by atoms with Gasteiger partial charge >= 0.3 is 0 Å². The first kappa shape index (κ1) is 19.2. The van der Waals surface area contributed by atoms with Crippen LogP contribution in [0.25, 0.3) is 0 Å². The maximum absolute atomic E-state index is 12.5. The third kappa shape index (κ3) is 3.07. The third-order valence-electron chi connectivity index (χ3n) is 7.06. The number of benzene rings is 1. The van der Waals surface area contributed by atoms with E-state index in [1.54, 1.807) is 19.0 Å². The smallest absolute Gasteiger partial charge is 0.255 e. The fraction of sp³-hybridized carbons (Fsp3) is 0.522. The van der Waals surface area contributed by atoms with Gasteiger partial charge < -0.3 is 15.1 Å². The highest BCUT2D eigenvalue weighted by Gasteiger charge is 2.42. The van der Waals surface area contributed by atoms with Gasteiger partial charge in [-0.05, 0) is 56.2 Å². The van der Waals surface area contributed by atoms with Crippen molar-refractivity contribution in [2.45, 2.75) is 43.9 Å². The number of H-pyrrole nitrogens is 1. The second-order valence-electron chi connectivity index (χ2n) is 9.10. The molecular weight excluding hydrogens is 378 g/mol. The molecule has 2 aliphatic heterocycles. The van der Waals surface area contributed by atoms with Crippen molar-refractivity contribution in [3.8, 4) is 0 Å². The highest BCUT2D eigenvalue weighted by Crippen LogP contribution is 2.44. The summed E-state index contributed by atoms with van der Waals surface area (Å²) < 4.78 is 0. The van der Waals surface area contributed by atoms with Crippen LogP contribution in [0.3, 0.4) is 0 Å². The molecular formula is C23H29N5O2. The summed E-state index contributed by atoms with van der Waals surface area (Å²) in [6.07, 6.45) is 5.95. The molecule has 1 aliphatic carbocycles. The van der Waals surface area contributed by atoms with Crippen LogP contribution in [-0.4, -0.2) is 54.5 Å². The number of piperidine rings is 1. The molecule has 1 saturated heterocycles. The molecule has 0 radical (unpaired) electrons. The minimum atomic E-state index is 0.0257. The van der Waals surface area contributed by atoms with E-state index in [4.69, 9.17) is 4.98 Å². The summed E-state index contributed by atoms with van der Waals surface area (Å²) in [4.78, 5) is 36.5. The molecule has 3 aliphatic rings. The molecule has 5 rings (SSSR count). The fourth-order valence-corrected chi connectivity index (χ4v) is 5.24. The molecule has 7 nitrogen and oxygen atoms in total. The van der Waals surface area contributed by atoms with Gasteiger partial charge in [0, 0.05) is 56.0 Å². The number of anilines is 2. The lowest BCUT2D eigenvalue weighted by Crippen LogP contribution is -2.45. The normalized spacial score (nSPS) is 19.2. The largest absolute Gasteiger partial charge is 0.384 e. The third-order valence-corrected chi connectivity index (χ3v) is 7.06. The first-order valence-electron chi connectivity index (χ1n) is 10.9. The highest BCUT2D eigenvalue weighted by atomic mass is 16.2. The van der Waals surface area contributed by atoms with Crippen molar-refractivity contribution in [2.75, 3.05) is 43.9 Å². The van der Waals surface area contributed by atoms with E-state index in [0.29, 0.717) is 0 Å². The summed E-state index contributed by atoms with van der Waals surface area (Å²) in [7, 11) is 3.55. The van der Waals surface area contributed by atoms with Gasteiger partial charge in [-0.3, -0.25) is 14.6 Å². The van der Waals surface area contributed by atoms with E-state index in [1.807, 2.05) is 12.1 Å². The van der Waals surface area contributed by atoms with E-state index < -0.39 is 0 Å².